The minimum atomic E-state index is -1.09. The Bertz CT molecular complexity index is 408. The van der Waals surface area contributed by atoms with E-state index >= 15 is 0 Å². The summed E-state index contributed by atoms with van der Waals surface area (Å²) >= 11 is 1.05. The normalized spacial score (nSPS) is 11.6. The molecule has 0 aromatic rings. The van der Waals surface area contributed by atoms with Crippen molar-refractivity contribution in [2.45, 2.75) is 77.7 Å². The summed E-state index contributed by atoms with van der Waals surface area (Å²) in [5, 5.41) is 17.0. The van der Waals surface area contributed by atoms with Crippen LogP contribution in [0.1, 0.15) is 71.6 Å². The molecular formula is C18H35N3O4S. The zero-order valence-electron chi connectivity index (χ0n) is 16.1. The number of carbonyl (C=O) groups excluding carboxylic acids is 2. The van der Waals surface area contributed by atoms with E-state index in [-0.39, 0.29) is 11.7 Å². The molecule has 0 heterocycles. The minimum absolute atomic E-state index is 0.147. The van der Waals surface area contributed by atoms with E-state index in [0.717, 1.165) is 63.1 Å². The molecule has 7 nitrogen and oxygen atoms in total. The number of unbranched alkanes of at least 4 members (excludes halogenated alkanes) is 6. The third kappa shape index (κ3) is 14.9. The van der Waals surface area contributed by atoms with Gasteiger partial charge in [-0.15, -0.1) is 0 Å². The molecule has 0 unspecified atom stereocenters. The maximum Gasteiger partial charge on any atom is 0.326 e. The Morgan fingerprint density at radius 2 is 1.46 bits per heavy atom. The molecule has 4 N–H and O–H groups in total. The first-order valence-corrected chi connectivity index (χ1v) is 10.7. The molecule has 0 fully saturated rings. The Kier molecular flexibility index (Phi) is 16.1. The second-order valence-corrected chi connectivity index (χ2v) is 7.33. The quantitative estimate of drug-likeness (QED) is 0.319. The second-order valence-electron chi connectivity index (χ2n) is 6.26. The fourth-order valence-electron chi connectivity index (χ4n) is 2.28. The SMILES string of the molecule is CCCCCCNC(=O)N[C@H](CCSC(=O)NCCCCCC)C(=O)O. The van der Waals surface area contributed by atoms with Crippen molar-refractivity contribution in [3.63, 3.8) is 0 Å². The number of nitrogens with one attached hydrogen (secondary N) is 3. The predicted octanol–water partition coefficient (Wildman–Crippen LogP) is 3.73. The highest BCUT2D eigenvalue weighted by atomic mass is 32.2. The molecule has 0 aromatic heterocycles. The number of urea groups is 1. The average Bonchev–Trinajstić information content (AvgIpc) is 2.60. The Labute approximate surface area is 161 Å². The molecule has 0 saturated carbocycles. The molecule has 152 valence electrons. The zero-order valence-corrected chi connectivity index (χ0v) is 17.0. The van der Waals surface area contributed by atoms with Crippen molar-refractivity contribution in [2.24, 2.45) is 0 Å². The van der Waals surface area contributed by atoms with Crippen molar-refractivity contribution in [1.82, 2.24) is 16.0 Å². The highest BCUT2D eigenvalue weighted by molar-refractivity contribution is 8.13. The van der Waals surface area contributed by atoms with Crippen LogP contribution < -0.4 is 16.0 Å². The molecule has 0 aliphatic carbocycles. The number of hydrogen-bond acceptors (Lipinski definition) is 4. The van der Waals surface area contributed by atoms with Gasteiger partial charge in [-0.05, 0) is 19.3 Å². The van der Waals surface area contributed by atoms with Crippen LogP contribution in [-0.4, -0.2) is 47.2 Å². The average molecular weight is 390 g/mol. The largest absolute Gasteiger partial charge is 0.480 e. The van der Waals surface area contributed by atoms with Crippen molar-refractivity contribution in [3.05, 3.63) is 0 Å². The van der Waals surface area contributed by atoms with E-state index in [2.05, 4.69) is 29.8 Å². The van der Waals surface area contributed by atoms with Gasteiger partial charge in [0.2, 0.25) is 0 Å². The third-order valence-electron chi connectivity index (χ3n) is 3.86. The second kappa shape index (κ2) is 17.0. The van der Waals surface area contributed by atoms with Crippen LogP contribution >= 0.6 is 11.8 Å². The Balaban J connectivity index is 3.89. The number of aliphatic carboxylic acids is 1. The lowest BCUT2D eigenvalue weighted by atomic mass is 10.2. The number of rotatable bonds is 15. The van der Waals surface area contributed by atoms with Crippen LogP contribution in [0.25, 0.3) is 0 Å². The van der Waals surface area contributed by atoms with Crippen LogP contribution in [0.15, 0.2) is 0 Å². The number of amides is 3. The highest BCUT2D eigenvalue weighted by Crippen LogP contribution is 2.07. The Morgan fingerprint density at radius 1 is 0.885 bits per heavy atom. The molecule has 1 atom stereocenters. The van der Waals surface area contributed by atoms with E-state index in [4.69, 9.17) is 0 Å². The number of hydrogen-bond donors (Lipinski definition) is 4. The summed E-state index contributed by atoms with van der Waals surface area (Å²) in [5.41, 5.74) is 0. The number of carboxylic acids is 1. The van der Waals surface area contributed by atoms with Gasteiger partial charge < -0.3 is 21.1 Å². The summed E-state index contributed by atoms with van der Waals surface area (Å²) in [7, 11) is 0. The molecule has 0 bridgehead atoms. The number of thioether (sulfide) groups is 1. The minimum Gasteiger partial charge on any atom is -0.480 e. The van der Waals surface area contributed by atoms with Crippen LogP contribution in [0.2, 0.25) is 0 Å². The maximum atomic E-state index is 11.7. The van der Waals surface area contributed by atoms with E-state index in [9.17, 15) is 19.5 Å². The van der Waals surface area contributed by atoms with Crippen molar-refractivity contribution in [2.75, 3.05) is 18.8 Å². The van der Waals surface area contributed by atoms with Crippen LogP contribution in [0.5, 0.6) is 0 Å². The maximum absolute atomic E-state index is 11.7. The Morgan fingerprint density at radius 3 is 2.00 bits per heavy atom. The molecule has 0 radical (unpaired) electrons. The molecule has 0 aliphatic heterocycles. The molecule has 0 rings (SSSR count). The van der Waals surface area contributed by atoms with E-state index in [0.29, 0.717) is 18.8 Å². The van der Waals surface area contributed by atoms with Gasteiger partial charge in [0.1, 0.15) is 6.04 Å². The highest BCUT2D eigenvalue weighted by Gasteiger charge is 2.20. The Hall–Kier alpha value is -1.44. The van der Waals surface area contributed by atoms with E-state index < -0.39 is 18.0 Å². The van der Waals surface area contributed by atoms with E-state index in [1.807, 2.05) is 0 Å². The smallest absolute Gasteiger partial charge is 0.326 e. The lowest BCUT2D eigenvalue weighted by Gasteiger charge is -2.15. The van der Waals surface area contributed by atoms with Crippen LogP contribution in [0.3, 0.4) is 0 Å². The first-order valence-electron chi connectivity index (χ1n) is 9.69. The zero-order chi connectivity index (χ0) is 19.6. The van der Waals surface area contributed by atoms with Gasteiger partial charge in [0.05, 0.1) is 0 Å². The molecule has 0 saturated heterocycles. The third-order valence-corrected chi connectivity index (χ3v) is 4.71. The van der Waals surface area contributed by atoms with Crippen LogP contribution in [0, 0.1) is 0 Å². The van der Waals surface area contributed by atoms with Gasteiger partial charge in [-0.3, -0.25) is 4.79 Å². The monoisotopic (exact) mass is 389 g/mol. The summed E-state index contributed by atoms with van der Waals surface area (Å²) in [4.78, 5) is 34.7. The van der Waals surface area contributed by atoms with Crippen molar-refractivity contribution < 1.29 is 19.5 Å². The van der Waals surface area contributed by atoms with Gasteiger partial charge in [-0.2, -0.15) is 0 Å². The molecule has 8 heteroatoms. The number of carboxylic acid groups (broad SMARTS) is 1. The van der Waals surface area contributed by atoms with Crippen molar-refractivity contribution in [1.29, 1.82) is 0 Å². The van der Waals surface area contributed by atoms with Gasteiger partial charge in [-0.1, -0.05) is 64.1 Å². The summed E-state index contributed by atoms with van der Waals surface area (Å²) in [6.45, 7) is 5.43. The molecule has 0 aliphatic rings. The fourth-order valence-corrected chi connectivity index (χ4v) is 3.03. The van der Waals surface area contributed by atoms with Crippen LogP contribution in [-0.2, 0) is 4.79 Å². The molecule has 3 amide bonds. The first-order chi connectivity index (χ1) is 12.5. The topological polar surface area (TPSA) is 108 Å². The van der Waals surface area contributed by atoms with Crippen molar-refractivity contribution in [3.8, 4) is 0 Å². The summed E-state index contributed by atoms with van der Waals surface area (Å²) in [5.74, 6) is -0.749. The summed E-state index contributed by atoms with van der Waals surface area (Å²) in [6.07, 6.45) is 8.74. The molecule has 0 spiro atoms. The molecule has 0 aromatic carbocycles. The van der Waals surface area contributed by atoms with E-state index in [1.165, 1.54) is 0 Å². The summed E-state index contributed by atoms with van der Waals surface area (Å²) in [6, 6.07) is -1.46. The number of carbonyl (C=O) groups is 3. The van der Waals surface area contributed by atoms with Crippen molar-refractivity contribution >= 4 is 29.0 Å². The van der Waals surface area contributed by atoms with E-state index in [1.54, 1.807) is 0 Å². The van der Waals surface area contributed by atoms with Gasteiger partial charge in [0.15, 0.2) is 0 Å². The van der Waals surface area contributed by atoms with Gasteiger partial charge in [0, 0.05) is 18.8 Å². The van der Waals surface area contributed by atoms with Gasteiger partial charge in [-0.25, -0.2) is 9.59 Å². The lowest BCUT2D eigenvalue weighted by Crippen LogP contribution is -2.46. The summed E-state index contributed by atoms with van der Waals surface area (Å²) < 4.78 is 0. The molecular weight excluding hydrogens is 354 g/mol. The lowest BCUT2D eigenvalue weighted by molar-refractivity contribution is -0.139. The van der Waals surface area contributed by atoms with Gasteiger partial charge >= 0.3 is 12.0 Å². The first kappa shape index (κ1) is 24.6. The molecule has 26 heavy (non-hydrogen) atoms. The fraction of sp³-hybridized carbons (Fsp3) is 0.833. The standard InChI is InChI=1S/C18H35N3O4S/c1-3-5-7-9-12-19-17(24)21-15(16(22)23)11-14-26-18(25)20-13-10-8-6-4-2/h15H,3-14H2,1-2H3,(H,20,25)(H,22,23)(H2,19,21,24)/t15-/m1/s1. The van der Waals surface area contributed by atoms with Gasteiger partial charge in [0.25, 0.3) is 5.24 Å². The predicted molar refractivity (Wildman–Crippen MR) is 107 cm³/mol. The van der Waals surface area contributed by atoms with Crippen LogP contribution in [0.4, 0.5) is 9.59 Å².